The van der Waals surface area contributed by atoms with Gasteiger partial charge in [-0.2, -0.15) is 0 Å². The third kappa shape index (κ3) is 4.43. The fourth-order valence-corrected chi connectivity index (χ4v) is 3.27. The minimum Gasteiger partial charge on any atom is -0.504 e. The van der Waals surface area contributed by atoms with E-state index in [9.17, 15) is 9.90 Å². The Morgan fingerprint density at radius 2 is 1.96 bits per heavy atom. The Bertz CT molecular complexity index is 912. The van der Waals surface area contributed by atoms with Crippen molar-refractivity contribution in [2.24, 2.45) is 0 Å². The lowest BCUT2D eigenvalue weighted by molar-refractivity contribution is -0.140. The number of thiocarbonyl (C=S) groups is 1. The van der Waals surface area contributed by atoms with Crippen LogP contribution in [0.2, 0.25) is 0 Å². The molecule has 0 aliphatic carbocycles. The smallest absolute Gasteiger partial charge is 0.338 e. The SMILES string of the molecule is CCOc1cc(C2NC(=S)NC(C)=C2C(=O)OCc2ccccc2)ccc1O. The van der Waals surface area contributed by atoms with Crippen molar-refractivity contribution in [1.29, 1.82) is 0 Å². The highest BCUT2D eigenvalue weighted by atomic mass is 32.1. The third-order valence-electron chi connectivity index (χ3n) is 4.32. The molecule has 0 saturated carbocycles. The van der Waals surface area contributed by atoms with Gasteiger partial charge < -0.3 is 25.2 Å². The summed E-state index contributed by atoms with van der Waals surface area (Å²) < 4.78 is 11.0. The van der Waals surface area contributed by atoms with Gasteiger partial charge in [0.15, 0.2) is 16.6 Å². The van der Waals surface area contributed by atoms with Gasteiger partial charge in [0, 0.05) is 5.70 Å². The van der Waals surface area contributed by atoms with E-state index < -0.39 is 12.0 Å². The lowest BCUT2D eigenvalue weighted by Crippen LogP contribution is -2.45. The molecule has 0 spiro atoms. The molecule has 7 heteroatoms. The average Bonchev–Trinajstić information content (AvgIpc) is 2.68. The van der Waals surface area contributed by atoms with Gasteiger partial charge in [0.05, 0.1) is 18.2 Å². The van der Waals surface area contributed by atoms with E-state index in [0.717, 1.165) is 11.1 Å². The van der Waals surface area contributed by atoms with Gasteiger partial charge in [0.1, 0.15) is 6.61 Å². The second kappa shape index (κ2) is 8.75. The molecule has 0 aromatic heterocycles. The van der Waals surface area contributed by atoms with Crippen molar-refractivity contribution in [1.82, 2.24) is 10.6 Å². The molecule has 0 saturated heterocycles. The van der Waals surface area contributed by atoms with E-state index in [0.29, 0.717) is 28.7 Å². The number of allylic oxidation sites excluding steroid dienone is 1. The number of carbonyl (C=O) groups is 1. The number of esters is 1. The molecule has 3 N–H and O–H groups in total. The number of ether oxygens (including phenoxy) is 2. The van der Waals surface area contributed by atoms with Crippen LogP contribution in [0.5, 0.6) is 11.5 Å². The largest absolute Gasteiger partial charge is 0.504 e. The van der Waals surface area contributed by atoms with Gasteiger partial charge >= 0.3 is 5.97 Å². The predicted octanol–water partition coefficient (Wildman–Crippen LogP) is 3.33. The number of nitrogens with one attached hydrogen (secondary N) is 2. The summed E-state index contributed by atoms with van der Waals surface area (Å²) in [7, 11) is 0. The first-order chi connectivity index (χ1) is 13.5. The molecular formula is C21H22N2O4S. The molecule has 1 heterocycles. The first-order valence-corrected chi connectivity index (χ1v) is 9.35. The number of aromatic hydroxyl groups is 1. The highest BCUT2D eigenvalue weighted by Crippen LogP contribution is 2.34. The summed E-state index contributed by atoms with van der Waals surface area (Å²) in [4.78, 5) is 12.9. The van der Waals surface area contributed by atoms with E-state index in [4.69, 9.17) is 21.7 Å². The van der Waals surface area contributed by atoms with E-state index >= 15 is 0 Å². The normalized spacial score (nSPS) is 16.2. The lowest BCUT2D eigenvalue weighted by atomic mass is 9.95. The topological polar surface area (TPSA) is 79.8 Å². The quantitative estimate of drug-likeness (QED) is 0.509. The minimum absolute atomic E-state index is 0.0380. The molecule has 2 aromatic carbocycles. The van der Waals surface area contributed by atoms with Crippen molar-refractivity contribution in [3.05, 3.63) is 70.9 Å². The number of phenolic OH excluding ortho intramolecular Hbond substituents is 1. The maximum Gasteiger partial charge on any atom is 0.338 e. The van der Waals surface area contributed by atoms with Gasteiger partial charge in [-0.15, -0.1) is 0 Å². The summed E-state index contributed by atoms with van der Waals surface area (Å²) in [6.45, 7) is 4.20. The maximum atomic E-state index is 12.9. The monoisotopic (exact) mass is 398 g/mol. The van der Waals surface area contributed by atoms with Crippen LogP contribution < -0.4 is 15.4 Å². The Labute approximate surface area is 169 Å². The van der Waals surface area contributed by atoms with E-state index in [2.05, 4.69) is 10.6 Å². The molecule has 146 valence electrons. The maximum absolute atomic E-state index is 12.9. The summed E-state index contributed by atoms with van der Waals surface area (Å²) in [5, 5.41) is 16.5. The summed E-state index contributed by atoms with van der Waals surface area (Å²) in [6, 6.07) is 13.9. The Hall–Kier alpha value is -3.06. The van der Waals surface area contributed by atoms with Crippen molar-refractivity contribution < 1.29 is 19.4 Å². The third-order valence-corrected chi connectivity index (χ3v) is 4.54. The molecule has 2 aromatic rings. The molecular weight excluding hydrogens is 376 g/mol. The summed E-state index contributed by atoms with van der Waals surface area (Å²) in [5.41, 5.74) is 2.69. The van der Waals surface area contributed by atoms with Crippen LogP contribution in [0.4, 0.5) is 0 Å². The molecule has 1 aliphatic heterocycles. The van der Waals surface area contributed by atoms with Crippen LogP contribution >= 0.6 is 12.2 Å². The van der Waals surface area contributed by atoms with Gasteiger partial charge in [0.25, 0.3) is 0 Å². The number of benzene rings is 2. The highest BCUT2D eigenvalue weighted by molar-refractivity contribution is 7.80. The first-order valence-electron chi connectivity index (χ1n) is 8.94. The van der Waals surface area contributed by atoms with E-state index in [1.54, 1.807) is 19.1 Å². The Kier molecular flexibility index (Phi) is 6.16. The van der Waals surface area contributed by atoms with Crippen LogP contribution in [0.25, 0.3) is 0 Å². The summed E-state index contributed by atoms with van der Waals surface area (Å²) in [6.07, 6.45) is 0. The molecule has 1 aliphatic rings. The van der Waals surface area contributed by atoms with E-state index in [1.807, 2.05) is 37.3 Å². The van der Waals surface area contributed by atoms with Crippen molar-refractivity contribution in [2.45, 2.75) is 26.5 Å². The molecule has 6 nitrogen and oxygen atoms in total. The summed E-state index contributed by atoms with van der Waals surface area (Å²) in [5.74, 6) is -0.0585. The molecule has 0 amide bonds. The van der Waals surface area contributed by atoms with Gasteiger partial charge in [-0.25, -0.2) is 4.79 Å². The van der Waals surface area contributed by atoms with Crippen LogP contribution in [-0.2, 0) is 16.1 Å². The van der Waals surface area contributed by atoms with E-state index in [-0.39, 0.29) is 12.4 Å². The van der Waals surface area contributed by atoms with Gasteiger partial charge in [0.2, 0.25) is 0 Å². The Balaban J connectivity index is 1.88. The van der Waals surface area contributed by atoms with Crippen LogP contribution in [0, 0.1) is 0 Å². The second-order valence-corrected chi connectivity index (χ2v) is 6.70. The first kappa shape index (κ1) is 19.7. The minimum atomic E-state index is -0.517. The average molecular weight is 398 g/mol. The molecule has 0 radical (unpaired) electrons. The number of carbonyl (C=O) groups excluding carboxylic acids is 1. The van der Waals surface area contributed by atoms with Crippen LogP contribution in [0.3, 0.4) is 0 Å². The summed E-state index contributed by atoms with van der Waals surface area (Å²) >= 11 is 5.26. The van der Waals surface area contributed by atoms with Crippen LogP contribution in [0.15, 0.2) is 59.8 Å². The van der Waals surface area contributed by atoms with Crippen molar-refractivity contribution >= 4 is 23.3 Å². The fourth-order valence-electron chi connectivity index (χ4n) is 3.00. The van der Waals surface area contributed by atoms with E-state index in [1.165, 1.54) is 6.07 Å². The fraction of sp³-hybridized carbons (Fsp3) is 0.238. The number of hydrogen-bond acceptors (Lipinski definition) is 5. The Morgan fingerprint density at radius 3 is 2.68 bits per heavy atom. The van der Waals surface area contributed by atoms with Crippen molar-refractivity contribution in [2.75, 3.05) is 6.61 Å². The van der Waals surface area contributed by atoms with Crippen molar-refractivity contribution in [3.63, 3.8) is 0 Å². The Morgan fingerprint density at radius 1 is 1.21 bits per heavy atom. The molecule has 0 bridgehead atoms. The van der Waals surface area contributed by atoms with Gasteiger partial charge in [-0.05, 0) is 49.3 Å². The highest BCUT2D eigenvalue weighted by Gasteiger charge is 2.31. The molecule has 1 unspecified atom stereocenters. The van der Waals surface area contributed by atoms with Crippen LogP contribution in [-0.4, -0.2) is 22.8 Å². The molecule has 1 atom stereocenters. The molecule has 3 rings (SSSR count). The molecule has 0 fully saturated rings. The zero-order valence-electron chi connectivity index (χ0n) is 15.7. The predicted molar refractivity (Wildman–Crippen MR) is 110 cm³/mol. The zero-order valence-corrected chi connectivity index (χ0v) is 16.5. The molecule has 28 heavy (non-hydrogen) atoms. The van der Waals surface area contributed by atoms with Gasteiger partial charge in [-0.1, -0.05) is 36.4 Å². The standard InChI is InChI=1S/C21H22N2O4S/c1-3-26-17-11-15(9-10-16(17)24)19-18(13(2)22-21(28)23-19)20(25)27-12-14-7-5-4-6-8-14/h4-11,19,24H,3,12H2,1-2H3,(H2,22,23,28). The van der Waals surface area contributed by atoms with Crippen LogP contribution in [0.1, 0.15) is 31.0 Å². The van der Waals surface area contributed by atoms with Crippen molar-refractivity contribution in [3.8, 4) is 11.5 Å². The number of phenols is 1. The zero-order chi connectivity index (χ0) is 20.1. The van der Waals surface area contributed by atoms with Gasteiger partial charge in [-0.3, -0.25) is 0 Å². The lowest BCUT2D eigenvalue weighted by Gasteiger charge is -2.30. The number of rotatable bonds is 6. The number of hydrogen-bond donors (Lipinski definition) is 3. The second-order valence-electron chi connectivity index (χ2n) is 6.29.